The molecule has 1 saturated heterocycles. The number of piperazine rings is 1. The van der Waals surface area contributed by atoms with Crippen LogP contribution in [0, 0.1) is 0 Å². The molecule has 0 aromatic heterocycles. The normalized spacial score (nSPS) is 19.9. The minimum Gasteiger partial charge on any atom is -0.480 e. The van der Waals surface area contributed by atoms with Gasteiger partial charge in [-0.1, -0.05) is 18.2 Å². The molecule has 6 heteroatoms. The molecule has 1 unspecified atom stereocenters. The highest BCUT2D eigenvalue weighted by molar-refractivity contribution is 6.07. The van der Waals surface area contributed by atoms with E-state index in [0.717, 1.165) is 10.6 Å². The van der Waals surface area contributed by atoms with Gasteiger partial charge in [0.25, 0.3) is 5.91 Å². The van der Waals surface area contributed by atoms with E-state index in [4.69, 9.17) is 0 Å². The van der Waals surface area contributed by atoms with Crippen LogP contribution in [0.1, 0.15) is 20.8 Å². The van der Waals surface area contributed by atoms with Crippen molar-refractivity contribution >= 4 is 23.5 Å². The molecule has 21 heavy (non-hydrogen) atoms. The first-order chi connectivity index (χ1) is 9.76. The fraction of sp³-hybridized carbons (Fsp3) is 0.400. The van der Waals surface area contributed by atoms with Gasteiger partial charge in [-0.25, -0.2) is 4.79 Å². The number of carbonyl (C=O) groups excluding carboxylic acids is 2. The quantitative estimate of drug-likeness (QED) is 0.844. The maximum atomic E-state index is 12.5. The molecule has 2 amide bonds. The van der Waals surface area contributed by atoms with Crippen LogP contribution in [-0.4, -0.2) is 45.9 Å². The zero-order valence-electron chi connectivity index (χ0n) is 12.2. The second kappa shape index (κ2) is 5.20. The Kier molecular flexibility index (Phi) is 3.72. The first-order valence-electron chi connectivity index (χ1n) is 6.69. The van der Waals surface area contributed by atoms with E-state index in [2.05, 4.69) is 0 Å². The zero-order valence-corrected chi connectivity index (χ0v) is 12.2. The highest BCUT2D eigenvalue weighted by atomic mass is 16.4. The lowest BCUT2D eigenvalue weighted by molar-refractivity contribution is -0.166. The SMILES string of the molecule is CC1C(=O)N(C(C)(C)C(=O)O)C(=O)CN1c1ccccc1. The average molecular weight is 290 g/mol. The number of hydrogen-bond donors (Lipinski definition) is 1. The van der Waals surface area contributed by atoms with Crippen molar-refractivity contribution in [2.75, 3.05) is 11.4 Å². The van der Waals surface area contributed by atoms with Crippen LogP contribution in [0.3, 0.4) is 0 Å². The number of anilines is 1. The van der Waals surface area contributed by atoms with Crippen molar-refractivity contribution in [1.82, 2.24) is 4.90 Å². The fourth-order valence-electron chi connectivity index (χ4n) is 2.41. The summed E-state index contributed by atoms with van der Waals surface area (Å²) in [5, 5.41) is 9.24. The summed E-state index contributed by atoms with van der Waals surface area (Å²) in [5.74, 6) is -2.21. The van der Waals surface area contributed by atoms with Crippen LogP contribution in [0.2, 0.25) is 0 Å². The summed E-state index contributed by atoms with van der Waals surface area (Å²) in [7, 11) is 0. The average Bonchev–Trinajstić information content (AvgIpc) is 2.43. The van der Waals surface area contributed by atoms with E-state index in [1.807, 2.05) is 30.3 Å². The van der Waals surface area contributed by atoms with Gasteiger partial charge in [-0.2, -0.15) is 0 Å². The molecule has 0 bridgehead atoms. The molecule has 112 valence electrons. The summed E-state index contributed by atoms with van der Waals surface area (Å²) in [6.45, 7) is 4.37. The molecule has 1 fully saturated rings. The van der Waals surface area contributed by atoms with E-state index in [0.29, 0.717) is 0 Å². The van der Waals surface area contributed by atoms with Gasteiger partial charge in [0.05, 0.1) is 6.54 Å². The van der Waals surface area contributed by atoms with Crippen molar-refractivity contribution in [1.29, 1.82) is 0 Å². The number of hydrogen-bond acceptors (Lipinski definition) is 4. The first kappa shape index (κ1) is 15.0. The number of benzene rings is 1. The molecule has 1 aliphatic rings. The highest BCUT2D eigenvalue weighted by Gasteiger charge is 2.48. The molecule has 1 heterocycles. The van der Waals surface area contributed by atoms with E-state index in [1.54, 1.807) is 11.8 Å². The van der Waals surface area contributed by atoms with Crippen LogP contribution in [0.25, 0.3) is 0 Å². The summed E-state index contributed by atoms with van der Waals surface area (Å²) < 4.78 is 0. The topological polar surface area (TPSA) is 77.9 Å². The molecular weight excluding hydrogens is 272 g/mol. The number of carboxylic acids is 1. The molecule has 0 saturated carbocycles. The molecule has 0 aliphatic carbocycles. The molecule has 0 spiro atoms. The molecule has 0 radical (unpaired) electrons. The Balaban J connectivity index is 2.34. The van der Waals surface area contributed by atoms with Crippen LogP contribution >= 0.6 is 0 Å². The van der Waals surface area contributed by atoms with E-state index >= 15 is 0 Å². The van der Waals surface area contributed by atoms with Gasteiger partial charge in [0, 0.05) is 5.69 Å². The Labute approximate surface area is 123 Å². The van der Waals surface area contributed by atoms with Gasteiger partial charge in [-0.15, -0.1) is 0 Å². The minimum atomic E-state index is -1.55. The lowest BCUT2D eigenvalue weighted by atomic mass is 9.99. The van der Waals surface area contributed by atoms with Crippen LogP contribution in [-0.2, 0) is 14.4 Å². The molecule has 1 aromatic carbocycles. The number of carboxylic acid groups (broad SMARTS) is 1. The maximum Gasteiger partial charge on any atom is 0.329 e. The van der Waals surface area contributed by atoms with Crippen LogP contribution in [0.5, 0.6) is 0 Å². The highest BCUT2D eigenvalue weighted by Crippen LogP contribution is 2.26. The van der Waals surface area contributed by atoms with Gasteiger partial charge in [0.1, 0.15) is 11.6 Å². The molecule has 2 rings (SSSR count). The third-order valence-electron chi connectivity index (χ3n) is 3.77. The van der Waals surface area contributed by atoms with E-state index in [-0.39, 0.29) is 6.54 Å². The monoisotopic (exact) mass is 290 g/mol. The number of imide groups is 1. The number of amides is 2. The van der Waals surface area contributed by atoms with Crippen molar-refractivity contribution in [3.8, 4) is 0 Å². The van der Waals surface area contributed by atoms with Crippen molar-refractivity contribution in [2.24, 2.45) is 0 Å². The van der Waals surface area contributed by atoms with Crippen molar-refractivity contribution in [3.63, 3.8) is 0 Å². The molecule has 1 N–H and O–H groups in total. The summed E-state index contributed by atoms with van der Waals surface area (Å²) in [4.78, 5) is 38.6. The molecule has 1 atom stereocenters. The van der Waals surface area contributed by atoms with E-state index in [1.165, 1.54) is 13.8 Å². The number of rotatable bonds is 3. The van der Waals surface area contributed by atoms with Crippen LogP contribution < -0.4 is 4.90 Å². The largest absolute Gasteiger partial charge is 0.480 e. The number of nitrogens with zero attached hydrogens (tertiary/aromatic N) is 2. The van der Waals surface area contributed by atoms with E-state index < -0.39 is 29.4 Å². The summed E-state index contributed by atoms with van der Waals surface area (Å²) in [6, 6.07) is 8.53. The second-order valence-corrected chi connectivity index (χ2v) is 5.57. The molecule has 1 aromatic rings. The lowest BCUT2D eigenvalue weighted by Crippen LogP contribution is -2.66. The Morgan fingerprint density at radius 3 is 2.33 bits per heavy atom. The third kappa shape index (κ3) is 2.49. The Morgan fingerprint density at radius 1 is 1.24 bits per heavy atom. The van der Waals surface area contributed by atoms with Gasteiger partial charge >= 0.3 is 5.97 Å². The third-order valence-corrected chi connectivity index (χ3v) is 3.77. The van der Waals surface area contributed by atoms with Crippen LogP contribution in [0.15, 0.2) is 30.3 Å². The summed E-state index contributed by atoms with van der Waals surface area (Å²) in [5.41, 5.74) is -0.787. The molecule has 6 nitrogen and oxygen atoms in total. The van der Waals surface area contributed by atoms with Crippen molar-refractivity contribution in [2.45, 2.75) is 32.4 Å². The Bertz CT molecular complexity index is 583. The van der Waals surface area contributed by atoms with Crippen molar-refractivity contribution in [3.05, 3.63) is 30.3 Å². The summed E-state index contributed by atoms with van der Waals surface area (Å²) in [6.07, 6.45) is 0. The lowest BCUT2D eigenvalue weighted by Gasteiger charge is -2.43. The Morgan fingerprint density at radius 2 is 1.81 bits per heavy atom. The number of aliphatic carboxylic acids is 1. The fourth-order valence-corrected chi connectivity index (χ4v) is 2.41. The predicted octanol–water partition coefficient (Wildman–Crippen LogP) is 1.11. The van der Waals surface area contributed by atoms with Crippen molar-refractivity contribution < 1.29 is 19.5 Å². The van der Waals surface area contributed by atoms with Gasteiger partial charge in [0.15, 0.2) is 0 Å². The second-order valence-electron chi connectivity index (χ2n) is 5.57. The molecule has 1 aliphatic heterocycles. The zero-order chi connectivity index (χ0) is 15.8. The smallest absolute Gasteiger partial charge is 0.329 e. The maximum absolute atomic E-state index is 12.5. The predicted molar refractivity (Wildman–Crippen MR) is 76.8 cm³/mol. The summed E-state index contributed by atoms with van der Waals surface area (Å²) >= 11 is 0. The van der Waals surface area contributed by atoms with Crippen LogP contribution in [0.4, 0.5) is 5.69 Å². The number of para-hydroxylation sites is 1. The molecular formula is C15H18N2O4. The number of carbonyl (C=O) groups is 3. The first-order valence-corrected chi connectivity index (χ1v) is 6.69. The van der Waals surface area contributed by atoms with E-state index in [9.17, 15) is 19.5 Å². The Hall–Kier alpha value is -2.37. The van der Waals surface area contributed by atoms with Gasteiger partial charge < -0.3 is 10.0 Å². The van der Waals surface area contributed by atoms with Gasteiger partial charge in [0.2, 0.25) is 5.91 Å². The van der Waals surface area contributed by atoms with Gasteiger partial charge in [-0.05, 0) is 32.9 Å². The standard InChI is InChI=1S/C15H18N2O4/c1-10-13(19)17(15(2,3)14(20)21)12(18)9-16(10)11-7-5-4-6-8-11/h4-8,10H,9H2,1-3H3,(H,20,21). The minimum absolute atomic E-state index is 0.0202. The van der Waals surface area contributed by atoms with Gasteiger partial charge in [-0.3, -0.25) is 14.5 Å².